The van der Waals surface area contributed by atoms with E-state index in [9.17, 15) is 0 Å². The molecule has 1 heterocycles. The number of fused-ring (bicyclic) bond motifs is 1. The molecule has 0 aliphatic heterocycles. The smallest absolute Gasteiger partial charge is 0.128 e. The highest BCUT2D eigenvalue weighted by atomic mass is 35.5. The summed E-state index contributed by atoms with van der Waals surface area (Å²) in [6.07, 6.45) is 5.84. The normalized spacial score (nSPS) is 14.5. The van der Waals surface area contributed by atoms with Crippen molar-refractivity contribution in [1.82, 2.24) is 9.55 Å². The molecule has 2 rings (SSSR count). The van der Waals surface area contributed by atoms with Gasteiger partial charge in [0.05, 0.1) is 21.4 Å². The van der Waals surface area contributed by atoms with Gasteiger partial charge in [-0.05, 0) is 31.9 Å². The van der Waals surface area contributed by atoms with E-state index in [-0.39, 0.29) is 5.38 Å². The maximum Gasteiger partial charge on any atom is 0.128 e. The summed E-state index contributed by atoms with van der Waals surface area (Å²) < 4.78 is 2.30. The van der Waals surface area contributed by atoms with Gasteiger partial charge in [0.2, 0.25) is 0 Å². The third-order valence-electron chi connectivity index (χ3n) is 3.92. The molecule has 1 aromatic heterocycles. The third kappa shape index (κ3) is 3.54. The molecule has 0 aliphatic rings. The Morgan fingerprint density at radius 2 is 1.95 bits per heavy atom. The fraction of sp³-hybridized carbons (Fsp3) is 0.588. The standard InChI is InChI=1S/C17H24Cl2N2/c1-4-6-9-13(8-5-2)21-16-14(19)10-7-11-15(16)20-17(21)12(3)18/h7,10-13H,4-6,8-9H2,1-3H3. The summed E-state index contributed by atoms with van der Waals surface area (Å²) in [5.41, 5.74) is 1.99. The van der Waals surface area contributed by atoms with Crippen LogP contribution in [0.1, 0.15) is 70.1 Å². The second-order valence-electron chi connectivity index (χ2n) is 5.65. The van der Waals surface area contributed by atoms with E-state index in [2.05, 4.69) is 18.4 Å². The number of benzene rings is 1. The molecule has 0 saturated carbocycles. The number of hydrogen-bond acceptors (Lipinski definition) is 1. The van der Waals surface area contributed by atoms with Crippen LogP contribution in [0.3, 0.4) is 0 Å². The van der Waals surface area contributed by atoms with Crippen LogP contribution in [0.5, 0.6) is 0 Å². The van der Waals surface area contributed by atoms with Crippen LogP contribution in [0.15, 0.2) is 18.2 Å². The quantitative estimate of drug-likeness (QED) is 0.529. The Kier molecular flexibility index (Phi) is 5.95. The maximum absolute atomic E-state index is 6.45. The molecule has 0 saturated heterocycles. The second-order valence-corrected chi connectivity index (χ2v) is 6.71. The van der Waals surface area contributed by atoms with Gasteiger partial charge in [-0.3, -0.25) is 0 Å². The lowest BCUT2D eigenvalue weighted by Gasteiger charge is -2.22. The van der Waals surface area contributed by atoms with E-state index in [0.717, 1.165) is 41.1 Å². The molecule has 0 N–H and O–H groups in total. The number of hydrogen-bond donors (Lipinski definition) is 0. The van der Waals surface area contributed by atoms with E-state index in [0.29, 0.717) is 6.04 Å². The van der Waals surface area contributed by atoms with Crippen molar-refractivity contribution in [2.45, 2.75) is 64.3 Å². The van der Waals surface area contributed by atoms with E-state index < -0.39 is 0 Å². The predicted octanol–water partition coefficient (Wildman–Crippen LogP) is 6.52. The molecule has 116 valence electrons. The summed E-state index contributed by atoms with van der Waals surface area (Å²) in [4.78, 5) is 4.73. The minimum absolute atomic E-state index is 0.116. The maximum atomic E-state index is 6.45. The molecule has 0 spiro atoms. The molecule has 1 aromatic carbocycles. The predicted molar refractivity (Wildman–Crippen MR) is 92.5 cm³/mol. The largest absolute Gasteiger partial charge is 0.322 e. The molecule has 0 aliphatic carbocycles. The first-order valence-electron chi connectivity index (χ1n) is 7.90. The minimum Gasteiger partial charge on any atom is -0.322 e. The highest BCUT2D eigenvalue weighted by molar-refractivity contribution is 6.35. The fourth-order valence-electron chi connectivity index (χ4n) is 2.95. The second kappa shape index (κ2) is 7.51. The van der Waals surface area contributed by atoms with Crippen molar-refractivity contribution in [3.8, 4) is 0 Å². The van der Waals surface area contributed by atoms with Gasteiger partial charge in [-0.2, -0.15) is 0 Å². The molecule has 0 amide bonds. The number of halogens is 2. The van der Waals surface area contributed by atoms with Gasteiger partial charge in [-0.1, -0.05) is 50.8 Å². The van der Waals surface area contributed by atoms with E-state index in [1.165, 1.54) is 12.8 Å². The van der Waals surface area contributed by atoms with Crippen LogP contribution in [0.25, 0.3) is 11.0 Å². The summed E-state index contributed by atoms with van der Waals surface area (Å²) in [6.45, 7) is 6.44. The molecule has 2 atom stereocenters. The lowest BCUT2D eigenvalue weighted by molar-refractivity contribution is 0.414. The number of imidazole rings is 1. The SMILES string of the molecule is CCCCC(CCC)n1c(C(C)Cl)nc2cccc(Cl)c21. The highest BCUT2D eigenvalue weighted by Gasteiger charge is 2.22. The van der Waals surface area contributed by atoms with Crippen LogP contribution in [-0.2, 0) is 0 Å². The average molecular weight is 327 g/mol. The van der Waals surface area contributed by atoms with Crippen LogP contribution in [0.2, 0.25) is 5.02 Å². The van der Waals surface area contributed by atoms with E-state index in [1.807, 2.05) is 25.1 Å². The Morgan fingerprint density at radius 1 is 1.19 bits per heavy atom. The topological polar surface area (TPSA) is 17.8 Å². The zero-order valence-corrected chi connectivity index (χ0v) is 14.6. The Morgan fingerprint density at radius 3 is 2.57 bits per heavy atom. The van der Waals surface area contributed by atoms with Crippen molar-refractivity contribution in [2.75, 3.05) is 0 Å². The molecule has 4 heteroatoms. The number of unbranched alkanes of at least 4 members (excludes halogenated alkanes) is 1. The van der Waals surface area contributed by atoms with Gasteiger partial charge in [0, 0.05) is 6.04 Å². The van der Waals surface area contributed by atoms with Gasteiger partial charge >= 0.3 is 0 Å². The summed E-state index contributed by atoms with van der Waals surface area (Å²) in [5, 5.41) is 0.649. The van der Waals surface area contributed by atoms with Crippen LogP contribution in [-0.4, -0.2) is 9.55 Å². The van der Waals surface area contributed by atoms with Crippen LogP contribution < -0.4 is 0 Å². The van der Waals surface area contributed by atoms with Gasteiger partial charge in [0.25, 0.3) is 0 Å². The molecule has 2 nitrogen and oxygen atoms in total. The number of aromatic nitrogens is 2. The Balaban J connectivity index is 2.59. The van der Waals surface area contributed by atoms with Gasteiger partial charge in [-0.25, -0.2) is 4.98 Å². The minimum atomic E-state index is -0.116. The molecular formula is C17H24Cl2N2. The molecule has 21 heavy (non-hydrogen) atoms. The first-order chi connectivity index (χ1) is 10.1. The van der Waals surface area contributed by atoms with Crippen LogP contribution in [0, 0.1) is 0 Å². The monoisotopic (exact) mass is 326 g/mol. The number of para-hydroxylation sites is 1. The summed E-state index contributed by atoms with van der Waals surface area (Å²) >= 11 is 12.8. The van der Waals surface area contributed by atoms with Crippen molar-refractivity contribution < 1.29 is 0 Å². The molecule has 2 unspecified atom stereocenters. The van der Waals surface area contributed by atoms with E-state index in [1.54, 1.807) is 0 Å². The first kappa shape index (κ1) is 16.6. The van der Waals surface area contributed by atoms with Crippen molar-refractivity contribution in [3.63, 3.8) is 0 Å². The van der Waals surface area contributed by atoms with Crippen LogP contribution >= 0.6 is 23.2 Å². The number of alkyl halides is 1. The number of rotatable bonds is 7. The Hall–Kier alpha value is -0.730. The molecular weight excluding hydrogens is 303 g/mol. The lowest BCUT2D eigenvalue weighted by Crippen LogP contribution is -2.13. The Labute approximate surface area is 137 Å². The van der Waals surface area contributed by atoms with E-state index >= 15 is 0 Å². The zero-order chi connectivity index (χ0) is 15.4. The molecule has 0 bridgehead atoms. The summed E-state index contributed by atoms with van der Waals surface area (Å²) in [5.74, 6) is 0.939. The third-order valence-corrected chi connectivity index (χ3v) is 4.42. The summed E-state index contributed by atoms with van der Waals surface area (Å²) in [7, 11) is 0. The van der Waals surface area contributed by atoms with Crippen molar-refractivity contribution in [2.24, 2.45) is 0 Å². The molecule has 2 aromatic rings. The van der Waals surface area contributed by atoms with Gasteiger partial charge in [0.15, 0.2) is 0 Å². The number of nitrogens with zero attached hydrogens (tertiary/aromatic N) is 2. The summed E-state index contributed by atoms with van der Waals surface area (Å²) in [6, 6.07) is 6.33. The lowest BCUT2D eigenvalue weighted by atomic mass is 10.0. The van der Waals surface area contributed by atoms with Gasteiger partial charge < -0.3 is 4.57 Å². The zero-order valence-electron chi connectivity index (χ0n) is 13.1. The Bertz CT molecular complexity index is 590. The fourth-order valence-corrected chi connectivity index (χ4v) is 3.36. The van der Waals surface area contributed by atoms with Crippen molar-refractivity contribution in [3.05, 3.63) is 29.0 Å². The van der Waals surface area contributed by atoms with Crippen LogP contribution in [0.4, 0.5) is 0 Å². The molecule has 0 radical (unpaired) electrons. The molecule has 0 fully saturated rings. The van der Waals surface area contributed by atoms with Gasteiger partial charge in [-0.15, -0.1) is 11.6 Å². The average Bonchev–Trinajstić information content (AvgIpc) is 2.84. The van der Waals surface area contributed by atoms with Crippen molar-refractivity contribution in [1.29, 1.82) is 0 Å². The van der Waals surface area contributed by atoms with E-state index in [4.69, 9.17) is 28.2 Å². The van der Waals surface area contributed by atoms with Gasteiger partial charge in [0.1, 0.15) is 5.82 Å². The highest BCUT2D eigenvalue weighted by Crippen LogP contribution is 2.35. The van der Waals surface area contributed by atoms with Crippen molar-refractivity contribution >= 4 is 34.2 Å². The first-order valence-corrected chi connectivity index (χ1v) is 8.71.